The molecule has 2 aromatic rings. The smallest absolute Gasteiger partial charge is 0.423 e. The van der Waals surface area contributed by atoms with Gasteiger partial charge in [-0.15, -0.1) is 0 Å². The first kappa shape index (κ1) is 12.3. The molecule has 3 rings (SSSR count). The fourth-order valence-corrected chi connectivity index (χ4v) is 2.71. The summed E-state index contributed by atoms with van der Waals surface area (Å²) in [5, 5.41) is 18.8. The Kier molecular flexibility index (Phi) is 3.28. The van der Waals surface area contributed by atoms with Crippen LogP contribution in [0.3, 0.4) is 0 Å². The third kappa shape index (κ3) is 2.37. The van der Waals surface area contributed by atoms with Gasteiger partial charge in [0.15, 0.2) is 0 Å². The first-order valence-corrected chi connectivity index (χ1v) is 6.52. The van der Waals surface area contributed by atoms with Crippen LogP contribution >= 0.6 is 0 Å². The van der Waals surface area contributed by atoms with E-state index in [0.717, 1.165) is 18.5 Å². The van der Waals surface area contributed by atoms with Gasteiger partial charge < -0.3 is 14.9 Å². The SMILES string of the molecule is OB(O)c1ccccc1CN1CCc2ccccc21. The number of nitrogens with zero attached hydrogens (tertiary/aromatic N) is 1. The van der Waals surface area contributed by atoms with Crippen LogP contribution in [-0.2, 0) is 13.0 Å². The molecule has 0 saturated heterocycles. The van der Waals surface area contributed by atoms with Crippen molar-refractivity contribution in [1.29, 1.82) is 0 Å². The van der Waals surface area contributed by atoms with E-state index in [1.165, 1.54) is 11.3 Å². The molecule has 1 heterocycles. The molecule has 0 unspecified atom stereocenters. The number of anilines is 1. The summed E-state index contributed by atoms with van der Waals surface area (Å²) in [6.45, 7) is 1.69. The molecule has 3 nitrogen and oxygen atoms in total. The lowest BCUT2D eigenvalue weighted by atomic mass is 9.77. The van der Waals surface area contributed by atoms with Gasteiger partial charge in [-0.3, -0.25) is 0 Å². The second-order valence-corrected chi connectivity index (χ2v) is 4.87. The zero-order chi connectivity index (χ0) is 13.2. The molecule has 96 valence electrons. The molecule has 0 atom stereocenters. The van der Waals surface area contributed by atoms with Gasteiger partial charge >= 0.3 is 7.12 Å². The third-order valence-electron chi connectivity index (χ3n) is 3.68. The number of fused-ring (bicyclic) bond motifs is 1. The number of hydrogen-bond donors (Lipinski definition) is 2. The van der Waals surface area contributed by atoms with Crippen LogP contribution in [0.5, 0.6) is 0 Å². The van der Waals surface area contributed by atoms with Crippen LogP contribution in [0.4, 0.5) is 5.69 Å². The van der Waals surface area contributed by atoms with E-state index in [9.17, 15) is 10.0 Å². The van der Waals surface area contributed by atoms with Crippen LogP contribution in [0.15, 0.2) is 48.5 Å². The van der Waals surface area contributed by atoms with Crippen molar-refractivity contribution in [3.05, 3.63) is 59.7 Å². The summed E-state index contributed by atoms with van der Waals surface area (Å²) < 4.78 is 0. The molecule has 4 heteroatoms. The average molecular weight is 253 g/mol. The normalized spacial score (nSPS) is 13.5. The van der Waals surface area contributed by atoms with Crippen molar-refractivity contribution in [3.63, 3.8) is 0 Å². The first-order valence-electron chi connectivity index (χ1n) is 6.52. The molecule has 0 spiro atoms. The Hall–Kier alpha value is -1.78. The molecule has 0 bridgehead atoms. The Labute approximate surface area is 113 Å². The Morgan fingerprint density at radius 1 is 1.00 bits per heavy atom. The van der Waals surface area contributed by atoms with E-state index in [0.29, 0.717) is 12.0 Å². The second-order valence-electron chi connectivity index (χ2n) is 4.87. The van der Waals surface area contributed by atoms with Gasteiger partial charge in [0, 0.05) is 18.8 Å². The fourth-order valence-electron chi connectivity index (χ4n) is 2.71. The average Bonchev–Trinajstić information content (AvgIpc) is 2.83. The minimum atomic E-state index is -1.41. The first-order chi connectivity index (χ1) is 9.25. The number of hydrogen-bond acceptors (Lipinski definition) is 3. The Morgan fingerprint density at radius 2 is 1.74 bits per heavy atom. The molecule has 19 heavy (non-hydrogen) atoms. The van der Waals surface area contributed by atoms with Gasteiger partial charge in [-0.2, -0.15) is 0 Å². The highest BCUT2D eigenvalue weighted by atomic mass is 16.4. The summed E-state index contributed by atoms with van der Waals surface area (Å²) in [6, 6.07) is 15.9. The van der Waals surface area contributed by atoms with Crippen molar-refractivity contribution >= 4 is 18.3 Å². The summed E-state index contributed by atoms with van der Waals surface area (Å²) in [7, 11) is -1.41. The Morgan fingerprint density at radius 3 is 2.58 bits per heavy atom. The molecule has 2 N–H and O–H groups in total. The van der Waals surface area contributed by atoms with Gasteiger partial charge in [-0.05, 0) is 29.1 Å². The maximum atomic E-state index is 9.41. The molecule has 1 aliphatic rings. The van der Waals surface area contributed by atoms with E-state index in [-0.39, 0.29) is 0 Å². The molecule has 0 saturated carbocycles. The van der Waals surface area contributed by atoms with Crippen molar-refractivity contribution in [2.75, 3.05) is 11.4 Å². The quantitative estimate of drug-likeness (QED) is 0.800. The van der Waals surface area contributed by atoms with Crippen LogP contribution in [0.1, 0.15) is 11.1 Å². The standard InChI is InChI=1S/C15H16BNO2/c18-16(19)14-7-3-1-6-13(14)11-17-10-9-12-5-2-4-8-15(12)17/h1-8,18-19H,9-11H2. The highest BCUT2D eigenvalue weighted by molar-refractivity contribution is 6.59. The van der Waals surface area contributed by atoms with Gasteiger partial charge in [0.05, 0.1) is 0 Å². The molecule has 2 aromatic carbocycles. The maximum absolute atomic E-state index is 9.41. The van der Waals surface area contributed by atoms with E-state index >= 15 is 0 Å². The summed E-state index contributed by atoms with van der Waals surface area (Å²) in [4.78, 5) is 2.29. The van der Waals surface area contributed by atoms with Crippen molar-refractivity contribution in [3.8, 4) is 0 Å². The highest BCUT2D eigenvalue weighted by Crippen LogP contribution is 2.28. The summed E-state index contributed by atoms with van der Waals surface area (Å²) in [6.07, 6.45) is 1.06. The molecule has 0 radical (unpaired) electrons. The minimum Gasteiger partial charge on any atom is -0.423 e. The third-order valence-corrected chi connectivity index (χ3v) is 3.68. The van der Waals surface area contributed by atoms with Gasteiger partial charge in [0.2, 0.25) is 0 Å². The van der Waals surface area contributed by atoms with E-state index in [1.54, 1.807) is 6.07 Å². The Balaban J connectivity index is 1.88. The number of rotatable bonds is 3. The zero-order valence-corrected chi connectivity index (χ0v) is 10.7. The fraction of sp³-hybridized carbons (Fsp3) is 0.200. The molecule has 0 amide bonds. The van der Waals surface area contributed by atoms with Crippen molar-refractivity contribution in [1.82, 2.24) is 0 Å². The molecule has 0 fully saturated rings. The van der Waals surface area contributed by atoms with E-state index < -0.39 is 7.12 Å². The molecule has 1 aliphatic heterocycles. The molecular weight excluding hydrogens is 237 g/mol. The summed E-state index contributed by atoms with van der Waals surface area (Å²) in [5.74, 6) is 0. The van der Waals surface area contributed by atoms with Crippen LogP contribution in [0.2, 0.25) is 0 Å². The minimum absolute atomic E-state index is 0.590. The zero-order valence-electron chi connectivity index (χ0n) is 10.7. The molecular formula is C15H16BNO2. The largest absolute Gasteiger partial charge is 0.488 e. The van der Waals surface area contributed by atoms with E-state index in [2.05, 4.69) is 23.1 Å². The summed E-state index contributed by atoms with van der Waals surface area (Å²) in [5.41, 5.74) is 4.18. The van der Waals surface area contributed by atoms with Gasteiger partial charge in [0.25, 0.3) is 0 Å². The van der Waals surface area contributed by atoms with Gasteiger partial charge in [0.1, 0.15) is 0 Å². The predicted molar refractivity (Wildman–Crippen MR) is 77.5 cm³/mol. The Bertz CT molecular complexity index is 586. The molecule has 0 aromatic heterocycles. The topological polar surface area (TPSA) is 43.7 Å². The van der Waals surface area contributed by atoms with Crippen LogP contribution < -0.4 is 10.4 Å². The van der Waals surface area contributed by atoms with E-state index in [1.807, 2.05) is 24.3 Å². The number of benzene rings is 2. The van der Waals surface area contributed by atoms with Crippen molar-refractivity contribution < 1.29 is 10.0 Å². The van der Waals surface area contributed by atoms with E-state index in [4.69, 9.17) is 0 Å². The van der Waals surface area contributed by atoms with Crippen molar-refractivity contribution in [2.45, 2.75) is 13.0 Å². The lowest BCUT2D eigenvalue weighted by Gasteiger charge is -2.21. The van der Waals surface area contributed by atoms with Gasteiger partial charge in [-0.1, -0.05) is 42.5 Å². The predicted octanol–water partition coefficient (Wildman–Crippen LogP) is 0.929. The monoisotopic (exact) mass is 253 g/mol. The van der Waals surface area contributed by atoms with Gasteiger partial charge in [-0.25, -0.2) is 0 Å². The maximum Gasteiger partial charge on any atom is 0.488 e. The molecule has 0 aliphatic carbocycles. The van der Waals surface area contributed by atoms with Crippen LogP contribution in [0, 0.1) is 0 Å². The van der Waals surface area contributed by atoms with Crippen LogP contribution in [0.25, 0.3) is 0 Å². The number of para-hydroxylation sites is 1. The van der Waals surface area contributed by atoms with Crippen molar-refractivity contribution in [2.24, 2.45) is 0 Å². The lowest BCUT2D eigenvalue weighted by Crippen LogP contribution is -2.35. The lowest BCUT2D eigenvalue weighted by molar-refractivity contribution is 0.425. The summed E-state index contributed by atoms with van der Waals surface area (Å²) >= 11 is 0. The van der Waals surface area contributed by atoms with Crippen LogP contribution in [-0.4, -0.2) is 23.7 Å². The second kappa shape index (κ2) is 5.07. The highest BCUT2D eigenvalue weighted by Gasteiger charge is 2.21.